The van der Waals surface area contributed by atoms with E-state index in [1.807, 2.05) is 0 Å². The summed E-state index contributed by atoms with van der Waals surface area (Å²) in [6.45, 7) is 8.67. The standard InChI is InChI=1S/C15H23NOS/c1-10(2)12-7-8-13(11(3)4)14(9-12)18-15(17)16(5)6/h7-11H,1-6H3. The lowest BCUT2D eigenvalue weighted by Gasteiger charge is -2.17. The molecule has 0 unspecified atom stereocenters. The Morgan fingerprint density at radius 1 is 1.11 bits per heavy atom. The van der Waals surface area contributed by atoms with Crippen LogP contribution >= 0.6 is 11.8 Å². The third-order valence-corrected chi connectivity index (χ3v) is 4.00. The Kier molecular flexibility index (Phi) is 5.27. The number of carbonyl (C=O) groups is 1. The zero-order chi connectivity index (χ0) is 13.9. The lowest BCUT2D eigenvalue weighted by Crippen LogP contribution is -2.16. The summed E-state index contributed by atoms with van der Waals surface area (Å²) in [5, 5.41) is 0.0813. The van der Waals surface area contributed by atoms with Crippen LogP contribution in [0.1, 0.15) is 50.7 Å². The van der Waals surface area contributed by atoms with Crippen molar-refractivity contribution in [2.45, 2.75) is 44.4 Å². The molecule has 0 fully saturated rings. The van der Waals surface area contributed by atoms with Crippen LogP contribution < -0.4 is 0 Å². The maximum Gasteiger partial charge on any atom is 0.285 e. The fourth-order valence-corrected chi connectivity index (χ4v) is 2.65. The quantitative estimate of drug-likeness (QED) is 0.738. The highest BCUT2D eigenvalue weighted by molar-refractivity contribution is 8.13. The van der Waals surface area contributed by atoms with Crippen LogP contribution in [-0.2, 0) is 0 Å². The highest BCUT2D eigenvalue weighted by atomic mass is 32.2. The number of benzene rings is 1. The zero-order valence-electron chi connectivity index (χ0n) is 12.2. The summed E-state index contributed by atoms with van der Waals surface area (Å²) >= 11 is 1.33. The number of hydrogen-bond acceptors (Lipinski definition) is 2. The molecule has 100 valence electrons. The van der Waals surface area contributed by atoms with Gasteiger partial charge in [0.05, 0.1) is 0 Å². The van der Waals surface area contributed by atoms with E-state index in [-0.39, 0.29) is 5.24 Å². The predicted molar refractivity (Wildman–Crippen MR) is 79.6 cm³/mol. The number of hydrogen-bond donors (Lipinski definition) is 0. The van der Waals surface area contributed by atoms with Gasteiger partial charge in [-0.05, 0) is 40.8 Å². The van der Waals surface area contributed by atoms with Crippen molar-refractivity contribution in [2.75, 3.05) is 14.1 Å². The van der Waals surface area contributed by atoms with Gasteiger partial charge in [0, 0.05) is 19.0 Å². The van der Waals surface area contributed by atoms with E-state index in [1.165, 1.54) is 22.9 Å². The van der Waals surface area contributed by atoms with Crippen LogP contribution in [0.4, 0.5) is 4.79 Å². The minimum atomic E-state index is 0.0813. The van der Waals surface area contributed by atoms with Crippen molar-refractivity contribution >= 4 is 17.0 Å². The molecule has 0 spiro atoms. The summed E-state index contributed by atoms with van der Waals surface area (Å²) < 4.78 is 0. The molecule has 0 N–H and O–H groups in total. The van der Waals surface area contributed by atoms with E-state index in [9.17, 15) is 4.79 Å². The second kappa shape index (κ2) is 6.28. The maximum atomic E-state index is 11.9. The first kappa shape index (κ1) is 15.1. The first-order valence-electron chi connectivity index (χ1n) is 6.36. The van der Waals surface area contributed by atoms with Crippen LogP contribution in [0, 0.1) is 0 Å². The molecule has 3 heteroatoms. The molecule has 0 aliphatic carbocycles. The molecule has 0 saturated heterocycles. The summed E-state index contributed by atoms with van der Waals surface area (Å²) in [5.41, 5.74) is 2.54. The minimum Gasteiger partial charge on any atom is -0.339 e. The molecule has 0 bridgehead atoms. The van der Waals surface area contributed by atoms with Gasteiger partial charge >= 0.3 is 0 Å². The van der Waals surface area contributed by atoms with Crippen molar-refractivity contribution < 1.29 is 4.79 Å². The third kappa shape index (κ3) is 3.77. The normalized spacial score (nSPS) is 11.1. The van der Waals surface area contributed by atoms with E-state index in [4.69, 9.17) is 0 Å². The topological polar surface area (TPSA) is 20.3 Å². The Morgan fingerprint density at radius 3 is 2.17 bits per heavy atom. The second-order valence-corrected chi connectivity index (χ2v) is 6.36. The van der Waals surface area contributed by atoms with Gasteiger partial charge in [-0.15, -0.1) is 0 Å². The maximum absolute atomic E-state index is 11.9. The second-order valence-electron chi connectivity index (χ2n) is 5.37. The molecule has 0 saturated carbocycles. The monoisotopic (exact) mass is 265 g/mol. The smallest absolute Gasteiger partial charge is 0.285 e. The fraction of sp³-hybridized carbons (Fsp3) is 0.533. The van der Waals surface area contributed by atoms with E-state index in [2.05, 4.69) is 45.9 Å². The summed E-state index contributed by atoms with van der Waals surface area (Å²) in [6, 6.07) is 6.49. The number of rotatable bonds is 3. The molecule has 0 atom stereocenters. The SMILES string of the molecule is CC(C)c1ccc(C(C)C)c(SC(=O)N(C)C)c1. The van der Waals surface area contributed by atoms with Crippen molar-refractivity contribution in [1.82, 2.24) is 4.90 Å². The zero-order valence-corrected chi connectivity index (χ0v) is 13.0. The Hall–Kier alpha value is -0.960. The van der Waals surface area contributed by atoms with Crippen LogP contribution in [-0.4, -0.2) is 24.2 Å². The van der Waals surface area contributed by atoms with Gasteiger partial charge in [0.1, 0.15) is 0 Å². The highest BCUT2D eigenvalue weighted by Gasteiger charge is 2.14. The third-order valence-electron chi connectivity index (χ3n) is 2.89. The van der Waals surface area contributed by atoms with Gasteiger partial charge in [-0.1, -0.05) is 39.8 Å². The molecule has 2 nitrogen and oxygen atoms in total. The molecule has 0 aromatic heterocycles. The van der Waals surface area contributed by atoms with E-state index in [0.717, 1.165) is 4.90 Å². The first-order chi connectivity index (χ1) is 8.32. The van der Waals surface area contributed by atoms with Crippen molar-refractivity contribution in [3.63, 3.8) is 0 Å². The van der Waals surface area contributed by atoms with Gasteiger partial charge < -0.3 is 4.90 Å². The lowest BCUT2D eigenvalue weighted by molar-refractivity contribution is 0.241. The van der Waals surface area contributed by atoms with Crippen LogP contribution in [0.2, 0.25) is 0 Å². The summed E-state index contributed by atoms with van der Waals surface area (Å²) in [7, 11) is 3.58. The largest absolute Gasteiger partial charge is 0.339 e. The molecule has 1 aromatic rings. The average Bonchev–Trinajstić information content (AvgIpc) is 2.28. The number of nitrogens with zero attached hydrogens (tertiary/aromatic N) is 1. The van der Waals surface area contributed by atoms with Crippen molar-refractivity contribution in [1.29, 1.82) is 0 Å². The molecule has 1 amide bonds. The molecule has 0 aliphatic heterocycles. The Balaban J connectivity index is 3.11. The van der Waals surface area contributed by atoms with Gasteiger partial charge in [-0.25, -0.2) is 0 Å². The molecule has 0 aliphatic rings. The molecule has 1 aromatic carbocycles. The van der Waals surface area contributed by atoms with Crippen molar-refractivity contribution in [3.05, 3.63) is 29.3 Å². The van der Waals surface area contributed by atoms with Gasteiger partial charge in [-0.3, -0.25) is 4.79 Å². The Morgan fingerprint density at radius 2 is 1.72 bits per heavy atom. The van der Waals surface area contributed by atoms with Gasteiger partial charge in [0.15, 0.2) is 0 Å². The van der Waals surface area contributed by atoms with E-state index < -0.39 is 0 Å². The van der Waals surface area contributed by atoms with Crippen molar-refractivity contribution in [2.24, 2.45) is 0 Å². The summed E-state index contributed by atoms with van der Waals surface area (Å²) in [5.74, 6) is 0.920. The Bertz CT molecular complexity index is 425. The molecular weight excluding hydrogens is 242 g/mol. The number of thioether (sulfide) groups is 1. The van der Waals surface area contributed by atoms with E-state index >= 15 is 0 Å². The molecule has 1 rings (SSSR count). The van der Waals surface area contributed by atoms with Gasteiger partial charge in [0.25, 0.3) is 5.24 Å². The van der Waals surface area contributed by atoms with E-state index in [1.54, 1.807) is 19.0 Å². The molecule has 18 heavy (non-hydrogen) atoms. The summed E-state index contributed by atoms with van der Waals surface area (Å²) in [4.78, 5) is 14.6. The predicted octanol–water partition coefficient (Wildman–Crippen LogP) is 4.71. The Labute approximate surface area is 115 Å². The van der Waals surface area contributed by atoms with Crippen LogP contribution in [0.15, 0.2) is 23.1 Å². The average molecular weight is 265 g/mol. The van der Waals surface area contributed by atoms with Crippen molar-refractivity contribution in [3.8, 4) is 0 Å². The molecule has 0 heterocycles. The number of amides is 1. The van der Waals surface area contributed by atoms with Crippen LogP contribution in [0.25, 0.3) is 0 Å². The molecular formula is C15H23NOS. The van der Waals surface area contributed by atoms with E-state index in [0.29, 0.717) is 11.8 Å². The van der Waals surface area contributed by atoms with Crippen LogP contribution in [0.3, 0.4) is 0 Å². The fourth-order valence-electron chi connectivity index (χ4n) is 1.66. The van der Waals surface area contributed by atoms with Crippen LogP contribution in [0.5, 0.6) is 0 Å². The lowest BCUT2D eigenvalue weighted by atomic mass is 9.97. The minimum absolute atomic E-state index is 0.0813. The highest BCUT2D eigenvalue weighted by Crippen LogP contribution is 2.32. The summed E-state index contributed by atoms with van der Waals surface area (Å²) in [6.07, 6.45) is 0. The van der Waals surface area contributed by atoms with Gasteiger partial charge in [-0.2, -0.15) is 0 Å². The molecule has 0 radical (unpaired) electrons. The first-order valence-corrected chi connectivity index (χ1v) is 7.17. The van der Waals surface area contributed by atoms with Gasteiger partial charge in [0.2, 0.25) is 0 Å². The number of carbonyl (C=O) groups excluding carboxylic acids is 1.